The molecule has 0 saturated heterocycles. The first-order chi connectivity index (χ1) is 9.92. The molecule has 0 spiro atoms. The number of hydrogen-bond donors (Lipinski definition) is 2. The van der Waals surface area contributed by atoms with Crippen LogP contribution in [0.1, 0.15) is 11.1 Å². The highest BCUT2D eigenvalue weighted by atomic mass is 79.9. The number of halogens is 2. The van der Waals surface area contributed by atoms with E-state index in [0.717, 1.165) is 5.56 Å². The summed E-state index contributed by atoms with van der Waals surface area (Å²) >= 11 is 9.08. The third-order valence-corrected chi connectivity index (χ3v) is 5.45. The minimum Gasteiger partial charge on any atom is -0.392 e. The fraction of sp³-hybridized carbons (Fsp3) is 0.143. The van der Waals surface area contributed by atoms with Crippen molar-refractivity contribution >= 4 is 37.6 Å². The zero-order valence-electron chi connectivity index (χ0n) is 10.9. The summed E-state index contributed by atoms with van der Waals surface area (Å²) in [6.07, 6.45) is 0. The van der Waals surface area contributed by atoms with Crippen molar-refractivity contribution in [3.05, 3.63) is 63.1 Å². The molecule has 0 unspecified atom stereocenters. The number of aliphatic hydroxyl groups excluding tert-OH is 1. The molecular formula is C14H13BrClNO3S. The van der Waals surface area contributed by atoms with Crippen molar-refractivity contribution < 1.29 is 13.5 Å². The second-order valence-corrected chi connectivity index (χ2v) is 7.40. The number of rotatable bonds is 5. The van der Waals surface area contributed by atoms with Crippen molar-refractivity contribution in [2.45, 2.75) is 18.0 Å². The Hall–Kier alpha value is -0.920. The van der Waals surface area contributed by atoms with Crippen LogP contribution in [-0.2, 0) is 23.2 Å². The molecule has 0 aliphatic heterocycles. The maximum absolute atomic E-state index is 12.3. The molecule has 0 fully saturated rings. The van der Waals surface area contributed by atoms with Gasteiger partial charge in [0, 0.05) is 16.0 Å². The predicted octanol–water partition coefficient (Wildman–Crippen LogP) is 3.07. The zero-order valence-corrected chi connectivity index (χ0v) is 14.0. The second-order valence-electron chi connectivity index (χ2n) is 4.38. The van der Waals surface area contributed by atoms with Crippen molar-refractivity contribution in [3.8, 4) is 0 Å². The number of nitrogens with one attached hydrogen (secondary N) is 1. The molecule has 0 aromatic heterocycles. The topological polar surface area (TPSA) is 66.4 Å². The van der Waals surface area contributed by atoms with Gasteiger partial charge in [-0.25, -0.2) is 13.1 Å². The molecule has 112 valence electrons. The normalized spacial score (nSPS) is 11.6. The molecule has 0 atom stereocenters. The summed E-state index contributed by atoms with van der Waals surface area (Å²) in [5, 5.41) is 9.66. The van der Waals surface area contributed by atoms with E-state index in [0.29, 0.717) is 15.1 Å². The van der Waals surface area contributed by atoms with Crippen LogP contribution < -0.4 is 4.72 Å². The van der Waals surface area contributed by atoms with E-state index in [2.05, 4.69) is 20.7 Å². The van der Waals surface area contributed by atoms with Gasteiger partial charge in [0.15, 0.2) is 0 Å². The van der Waals surface area contributed by atoms with Crippen LogP contribution in [0.2, 0.25) is 5.02 Å². The lowest BCUT2D eigenvalue weighted by atomic mass is 10.2. The molecule has 0 aliphatic carbocycles. The lowest BCUT2D eigenvalue weighted by Gasteiger charge is -2.10. The molecular weight excluding hydrogens is 378 g/mol. The van der Waals surface area contributed by atoms with Crippen molar-refractivity contribution in [3.63, 3.8) is 0 Å². The fourth-order valence-electron chi connectivity index (χ4n) is 1.76. The third-order valence-electron chi connectivity index (χ3n) is 2.82. The Bertz CT molecular complexity index is 750. The largest absolute Gasteiger partial charge is 0.392 e. The maximum Gasteiger partial charge on any atom is 0.242 e. The highest BCUT2D eigenvalue weighted by molar-refractivity contribution is 9.10. The predicted molar refractivity (Wildman–Crippen MR) is 85.5 cm³/mol. The smallest absolute Gasteiger partial charge is 0.242 e. The zero-order chi connectivity index (χ0) is 15.5. The maximum atomic E-state index is 12.3. The fourth-order valence-corrected chi connectivity index (χ4v) is 4.00. The SMILES string of the molecule is O=S(=O)(NCc1cccc(Cl)c1)c1cc(CO)ccc1Br. The van der Waals surface area contributed by atoms with Gasteiger partial charge in [-0.2, -0.15) is 0 Å². The number of aliphatic hydroxyl groups is 1. The Morgan fingerprint density at radius 2 is 1.90 bits per heavy atom. The minimum absolute atomic E-state index is 0.0936. The van der Waals surface area contributed by atoms with Gasteiger partial charge >= 0.3 is 0 Å². The molecule has 7 heteroatoms. The van der Waals surface area contributed by atoms with Crippen LogP contribution >= 0.6 is 27.5 Å². The highest BCUT2D eigenvalue weighted by Gasteiger charge is 2.18. The molecule has 0 saturated carbocycles. The second kappa shape index (κ2) is 6.89. The first-order valence-corrected chi connectivity index (χ1v) is 8.71. The molecule has 0 bridgehead atoms. The molecule has 2 rings (SSSR count). The summed E-state index contributed by atoms with van der Waals surface area (Å²) in [6.45, 7) is -0.0806. The molecule has 0 heterocycles. The summed E-state index contributed by atoms with van der Waals surface area (Å²) in [6, 6.07) is 11.6. The van der Waals surface area contributed by atoms with Gasteiger partial charge < -0.3 is 5.11 Å². The van der Waals surface area contributed by atoms with Gasteiger partial charge in [-0.15, -0.1) is 0 Å². The Kier molecular flexibility index (Phi) is 5.40. The lowest BCUT2D eigenvalue weighted by molar-refractivity contribution is 0.281. The molecule has 0 aliphatic rings. The summed E-state index contributed by atoms with van der Waals surface area (Å²) in [7, 11) is -3.69. The number of benzene rings is 2. The minimum atomic E-state index is -3.69. The molecule has 4 nitrogen and oxygen atoms in total. The van der Waals surface area contributed by atoms with E-state index in [4.69, 9.17) is 16.7 Å². The van der Waals surface area contributed by atoms with Gasteiger partial charge in [0.05, 0.1) is 11.5 Å². The quantitative estimate of drug-likeness (QED) is 0.824. The van der Waals surface area contributed by atoms with Crippen LogP contribution in [0.3, 0.4) is 0 Å². The van der Waals surface area contributed by atoms with E-state index < -0.39 is 10.0 Å². The van der Waals surface area contributed by atoms with Crippen LogP contribution in [0.15, 0.2) is 51.8 Å². The van der Waals surface area contributed by atoms with Gasteiger partial charge in [-0.1, -0.05) is 29.8 Å². The molecule has 2 aromatic carbocycles. The Morgan fingerprint density at radius 1 is 1.14 bits per heavy atom. The first kappa shape index (κ1) is 16.5. The van der Waals surface area contributed by atoms with Crippen molar-refractivity contribution in [1.82, 2.24) is 4.72 Å². The standard InChI is InChI=1S/C14H13BrClNO3S/c15-13-5-4-11(9-18)7-14(13)21(19,20)17-8-10-2-1-3-12(16)6-10/h1-7,17-18H,8-9H2. The van der Waals surface area contributed by atoms with Crippen LogP contribution in [-0.4, -0.2) is 13.5 Å². The van der Waals surface area contributed by atoms with Gasteiger partial charge in [0.25, 0.3) is 0 Å². The first-order valence-electron chi connectivity index (χ1n) is 6.06. The summed E-state index contributed by atoms with van der Waals surface area (Å²) < 4.78 is 27.6. The van der Waals surface area contributed by atoms with E-state index in [1.54, 1.807) is 36.4 Å². The van der Waals surface area contributed by atoms with Gasteiger partial charge in [0.1, 0.15) is 0 Å². The molecule has 21 heavy (non-hydrogen) atoms. The monoisotopic (exact) mass is 389 g/mol. The van der Waals surface area contributed by atoms with Crippen LogP contribution in [0.4, 0.5) is 0 Å². The van der Waals surface area contributed by atoms with Gasteiger partial charge in [-0.05, 0) is 51.3 Å². The van der Waals surface area contributed by atoms with E-state index in [-0.39, 0.29) is 18.0 Å². The number of sulfonamides is 1. The molecule has 0 amide bonds. The van der Waals surface area contributed by atoms with Crippen LogP contribution in [0.25, 0.3) is 0 Å². The van der Waals surface area contributed by atoms with Crippen LogP contribution in [0.5, 0.6) is 0 Å². The average Bonchev–Trinajstić information content (AvgIpc) is 2.46. The highest BCUT2D eigenvalue weighted by Crippen LogP contribution is 2.23. The van der Waals surface area contributed by atoms with E-state index in [9.17, 15) is 8.42 Å². The van der Waals surface area contributed by atoms with E-state index >= 15 is 0 Å². The van der Waals surface area contributed by atoms with Gasteiger partial charge in [0.2, 0.25) is 10.0 Å². The van der Waals surface area contributed by atoms with Crippen LogP contribution in [0, 0.1) is 0 Å². The average molecular weight is 391 g/mol. The molecule has 0 radical (unpaired) electrons. The van der Waals surface area contributed by atoms with Gasteiger partial charge in [-0.3, -0.25) is 0 Å². The van der Waals surface area contributed by atoms with Crippen molar-refractivity contribution in [2.75, 3.05) is 0 Å². The lowest BCUT2D eigenvalue weighted by Crippen LogP contribution is -2.23. The van der Waals surface area contributed by atoms with E-state index in [1.807, 2.05) is 0 Å². The van der Waals surface area contributed by atoms with Crippen molar-refractivity contribution in [2.24, 2.45) is 0 Å². The summed E-state index contributed by atoms with van der Waals surface area (Å²) in [4.78, 5) is 0.0936. The van der Waals surface area contributed by atoms with E-state index in [1.165, 1.54) is 6.07 Å². The Balaban J connectivity index is 2.22. The molecule has 2 aromatic rings. The Labute approximate surface area is 136 Å². The Morgan fingerprint density at radius 3 is 2.57 bits per heavy atom. The van der Waals surface area contributed by atoms with Crippen molar-refractivity contribution in [1.29, 1.82) is 0 Å². The molecule has 2 N–H and O–H groups in total. The third kappa shape index (κ3) is 4.28. The summed E-state index contributed by atoms with van der Waals surface area (Å²) in [5.74, 6) is 0. The number of hydrogen-bond acceptors (Lipinski definition) is 3. The summed E-state index contributed by atoms with van der Waals surface area (Å²) in [5.41, 5.74) is 1.29.